The van der Waals surface area contributed by atoms with E-state index in [1.807, 2.05) is 18.0 Å². The highest BCUT2D eigenvalue weighted by molar-refractivity contribution is 5.94. The molecule has 6 nitrogen and oxygen atoms in total. The van der Waals surface area contributed by atoms with Crippen LogP contribution >= 0.6 is 0 Å². The van der Waals surface area contributed by atoms with Gasteiger partial charge in [-0.05, 0) is 30.7 Å². The Bertz CT molecular complexity index is 430. The van der Waals surface area contributed by atoms with Crippen LogP contribution in [0.15, 0.2) is 18.2 Å². The fourth-order valence-electron chi connectivity index (χ4n) is 1.85. The smallest absolute Gasteiger partial charge is 0.265 e. The first-order valence-corrected chi connectivity index (χ1v) is 5.91. The third-order valence-corrected chi connectivity index (χ3v) is 2.91. The molecule has 6 heteroatoms. The number of nitrogen functional groups attached to an aromatic ring is 1. The summed E-state index contributed by atoms with van der Waals surface area (Å²) >= 11 is 0. The summed E-state index contributed by atoms with van der Waals surface area (Å²) in [6.45, 7) is 4.63. The second-order valence-corrected chi connectivity index (χ2v) is 4.21. The maximum atomic E-state index is 12.0. The average Bonchev–Trinajstić information content (AvgIpc) is 2.39. The molecule has 4 N–H and O–H groups in total. The minimum absolute atomic E-state index is 0.108. The number of nitrogens with zero attached hydrogens (tertiary/aromatic N) is 1. The van der Waals surface area contributed by atoms with Crippen molar-refractivity contribution >= 4 is 11.6 Å². The van der Waals surface area contributed by atoms with Gasteiger partial charge in [-0.2, -0.15) is 0 Å². The summed E-state index contributed by atoms with van der Waals surface area (Å²) in [4.78, 5) is 12.0. The molecule has 1 fully saturated rings. The number of morpholine rings is 1. The third kappa shape index (κ3) is 2.98. The topological polar surface area (TPSA) is 79.6 Å². The van der Waals surface area contributed by atoms with Crippen LogP contribution in [-0.2, 0) is 4.74 Å². The highest BCUT2D eigenvalue weighted by Gasteiger charge is 2.14. The van der Waals surface area contributed by atoms with Crippen LogP contribution in [0.1, 0.15) is 15.9 Å². The van der Waals surface area contributed by atoms with Gasteiger partial charge in [-0.15, -0.1) is 0 Å². The number of aryl methyl sites for hydroxylation is 1. The van der Waals surface area contributed by atoms with E-state index >= 15 is 0 Å². The van der Waals surface area contributed by atoms with E-state index in [0.717, 1.165) is 11.3 Å². The van der Waals surface area contributed by atoms with Gasteiger partial charge in [0, 0.05) is 18.7 Å². The van der Waals surface area contributed by atoms with Gasteiger partial charge in [0.15, 0.2) is 0 Å². The van der Waals surface area contributed by atoms with Crippen LogP contribution in [0.2, 0.25) is 0 Å². The van der Waals surface area contributed by atoms with Crippen LogP contribution < -0.4 is 16.7 Å². The van der Waals surface area contributed by atoms with E-state index in [-0.39, 0.29) is 5.91 Å². The number of nitrogens with two attached hydrogens (primary N) is 1. The highest BCUT2D eigenvalue weighted by Crippen LogP contribution is 2.15. The van der Waals surface area contributed by atoms with E-state index in [0.29, 0.717) is 31.9 Å². The van der Waals surface area contributed by atoms with Gasteiger partial charge >= 0.3 is 0 Å². The van der Waals surface area contributed by atoms with Crippen LogP contribution in [0.3, 0.4) is 0 Å². The number of amides is 1. The fourth-order valence-corrected chi connectivity index (χ4v) is 1.85. The second-order valence-electron chi connectivity index (χ2n) is 4.21. The zero-order chi connectivity index (χ0) is 13.0. The highest BCUT2D eigenvalue weighted by atomic mass is 16.5. The molecule has 0 radical (unpaired) electrons. The Morgan fingerprint density at radius 1 is 1.39 bits per heavy atom. The van der Waals surface area contributed by atoms with Crippen LogP contribution in [0.25, 0.3) is 0 Å². The molecule has 1 amide bonds. The van der Waals surface area contributed by atoms with Crippen molar-refractivity contribution in [2.75, 3.05) is 31.7 Å². The van der Waals surface area contributed by atoms with Crippen molar-refractivity contribution in [3.05, 3.63) is 29.3 Å². The maximum Gasteiger partial charge on any atom is 0.265 e. The molecular weight excluding hydrogens is 232 g/mol. The van der Waals surface area contributed by atoms with Gasteiger partial charge in [-0.1, -0.05) is 0 Å². The Kier molecular flexibility index (Phi) is 4.14. The summed E-state index contributed by atoms with van der Waals surface area (Å²) in [6.07, 6.45) is 0. The number of hydrazine groups is 2. The summed E-state index contributed by atoms with van der Waals surface area (Å²) in [5, 5.41) is 1.87. The number of carbonyl (C=O) groups is 1. The number of carbonyl (C=O) groups excluding carboxylic acids is 1. The summed E-state index contributed by atoms with van der Waals surface area (Å²) in [5.41, 5.74) is 7.82. The molecule has 1 aliphatic heterocycles. The molecule has 1 aromatic carbocycles. The van der Waals surface area contributed by atoms with E-state index in [1.165, 1.54) is 0 Å². The van der Waals surface area contributed by atoms with Crippen LogP contribution in [0, 0.1) is 6.92 Å². The molecule has 2 rings (SSSR count). The van der Waals surface area contributed by atoms with E-state index in [9.17, 15) is 4.79 Å². The lowest BCUT2D eigenvalue weighted by Crippen LogP contribution is -2.48. The number of hydrogen-bond donors (Lipinski definition) is 3. The Morgan fingerprint density at radius 3 is 2.72 bits per heavy atom. The quantitative estimate of drug-likeness (QED) is 0.529. The van der Waals surface area contributed by atoms with Crippen LogP contribution in [0.4, 0.5) is 5.69 Å². The normalized spacial score (nSPS) is 16.3. The van der Waals surface area contributed by atoms with Gasteiger partial charge in [0.05, 0.1) is 18.9 Å². The van der Waals surface area contributed by atoms with Gasteiger partial charge in [-0.3, -0.25) is 16.1 Å². The Hall–Kier alpha value is -1.63. The van der Waals surface area contributed by atoms with Crippen molar-refractivity contribution in [2.24, 2.45) is 5.84 Å². The van der Waals surface area contributed by atoms with Gasteiger partial charge in [0.25, 0.3) is 5.91 Å². The number of ether oxygens (including phenoxy) is 1. The molecule has 1 saturated heterocycles. The Labute approximate surface area is 106 Å². The van der Waals surface area contributed by atoms with Gasteiger partial charge < -0.3 is 10.2 Å². The van der Waals surface area contributed by atoms with E-state index in [1.54, 1.807) is 12.1 Å². The zero-order valence-electron chi connectivity index (χ0n) is 10.4. The monoisotopic (exact) mass is 250 g/mol. The van der Waals surface area contributed by atoms with Gasteiger partial charge in [0.1, 0.15) is 0 Å². The first-order valence-electron chi connectivity index (χ1n) is 5.91. The standard InChI is InChI=1S/C12H18N4O2/c1-9-8-10(2-3-11(9)14-13)12(17)15-16-4-6-18-7-5-16/h2-3,8,14H,4-7,13H2,1H3,(H,15,17). The molecule has 0 unspecified atom stereocenters. The van der Waals surface area contributed by atoms with Gasteiger partial charge in [0.2, 0.25) is 0 Å². The molecule has 0 spiro atoms. The molecule has 0 saturated carbocycles. The minimum Gasteiger partial charge on any atom is -0.379 e. The molecular formula is C12H18N4O2. The molecule has 1 heterocycles. The summed E-state index contributed by atoms with van der Waals surface area (Å²) in [5.74, 6) is 5.25. The fraction of sp³-hybridized carbons (Fsp3) is 0.417. The average molecular weight is 250 g/mol. The SMILES string of the molecule is Cc1cc(C(=O)NN2CCOCC2)ccc1NN. The number of anilines is 1. The lowest BCUT2D eigenvalue weighted by Gasteiger charge is -2.27. The largest absolute Gasteiger partial charge is 0.379 e. The predicted molar refractivity (Wildman–Crippen MR) is 68.8 cm³/mol. The van der Waals surface area contributed by atoms with Crippen molar-refractivity contribution in [3.63, 3.8) is 0 Å². The summed E-state index contributed by atoms with van der Waals surface area (Å²) in [6, 6.07) is 5.35. The van der Waals surface area contributed by atoms with Gasteiger partial charge in [-0.25, -0.2) is 5.01 Å². The van der Waals surface area contributed by atoms with Crippen molar-refractivity contribution in [2.45, 2.75) is 6.92 Å². The number of rotatable bonds is 3. The predicted octanol–water partition coefficient (Wildman–Crippen LogP) is 0.258. The number of benzene rings is 1. The van der Waals surface area contributed by atoms with Crippen molar-refractivity contribution < 1.29 is 9.53 Å². The lowest BCUT2D eigenvalue weighted by molar-refractivity contribution is 0.0126. The van der Waals surface area contributed by atoms with Crippen molar-refractivity contribution in [3.8, 4) is 0 Å². The lowest BCUT2D eigenvalue weighted by atomic mass is 10.1. The molecule has 0 aromatic heterocycles. The molecule has 0 bridgehead atoms. The zero-order valence-corrected chi connectivity index (χ0v) is 10.4. The molecule has 0 aliphatic carbocycles. The van der Waals surface area contributed by atoms with E-state index in [4.69, 9.17) is 10.6 Å². The number of hydrogen-bond acceptors (Lipinski definition) is 5. The van der Waals surface area contributed by atoms with Crippen LogP contribution in [-0.4, -0.2) is 37.2 Å². The maximum absolute atomic E-state index is 12.0. The van der Waals surface area contributed by atoms with Crippen LogP contribution in [0.5, 0.6) is 0 Å². The van der Waals surface area contributed by atoms with Crippen molar-refractivity contribution in [1.82, 2.24) is 10.4 Å². The second kappa shape index (κ2) is 5.81. The first kappa shape index (κ1) is 12.8. The van der Waals surface area contributed by atoms with E-state index < -0.39 is 0 Å². The third-order valence-electron chi connectivity index (χ3n) is 2.91. The Morgan fingerprint density at radius 2 is 2.11 bits per heavy atom. The minimum atomic E-state index is -0.108. The summed E-state index contributed by atoms with van der Waals surface area (Å²) in [7, 11) is 0. The molecule has 0 atom stereocenters. The van der Waals surface area contributed by atoms with Crippen molar-refractivity contribution in [1.29, 1.82) is 0 Å². The molecule has 98 valence electrons. The molecule has 1 aromatic rings. The first-order chi connectivity index (χ1) is 8.70. The Balaban J connectivity index is 2.01. The van der Waals surface area contributed by atoms with E-state index in [2.05, 4.69) is 10.9 Å². The number of nitrogens with one attached hydrogen (secondary N) is 2. The molecule has 18 heavy (non-hydrogen) atoms. The summed E-state index contributed by atoms with van der Waals surface area (Å²) < 4.78 is 5.22. The molecule has 1 aliphatic rings.